The number of nitrogens with one attached hydrogen (secondary N) is 2. The Bertz CT molecular complexity index is 1060. The summed E-state index contributed by atoms with van der Waals surface area (Å²) in [6, 6.07) is 7.13. The molecule has 3 aromatic rings. The van der Waals surface area contributed by atoms with Crippen molar-refractivity contribution in [3.05, 3.63) is 35.0 Å². The molecule has 1 unspecified atom stereocenters. The van der Waals surface area contributed by atoms with Crippen LogP contribution in [-0.4, -0.2) is 37.8 Å². The smallest absolute Gasteiger partial charge is 0.411 e. The molecule has 0 radical (unpaired) electrons. The molecule has 1 aromatic carbocycles. The number of nitrogens with zero attached hydrogens (tertiary/aromatic N) is 3. The van der Waals surface area contributed by atoms with E-state index in [-0.39, 0.29) is 17.6 Å². The maximum absolute atomic E-state index is 12.0. The van der Waals surface area contributed by atoms with Gasteiger partial charge in [-0.1, -0.05) is 44.5 Å². The molecule has 0 saturated heterocycles. The van der Waals surface area contributed by atoms with E-state index in [0.717, 1.165) is 11.3 Å². The summed E-state index contributed by atoms with van der Waals surface area (Å²) < 4.78 is 6.66. The number of carbonyl (C=O) groups excluding carboxylic acids is 2. The van der Waals surface area contributed by atoms with E-state index in [1.165, 1.54) is 11.6 Å². The fourth-order valence-corrected chi connectivity index (χ4v) is 3.37. The second-order valence-corrected chi connectivity index (χ2v) is 8.43. The molecule has 0 aliphatic carbocycles. The third-order valence-electron chi connectivity index (χ3n) is 4.22. The number of hydrogen-bond donors (Lipinski definition) is 2. The molecule has 0 spiro atoms. The van der Waals surface area contributed by atoms with Crippen molar-refractivity contribution < 1.29 is 14.3 Å². The van der Waals surface area contributed by atoms with Crippen molar-refractivity contribution in [1.29, 1.82) is 0 Å². The van der Waals surface area contributed by atoms with Crippen LogP contribution in [0, 0.1) is 0 Å². The minimum Gasteiger partial charge on any atom is -0.446 e. The van der Waals surface area contributed by atoms with E-state index >= 15 is 0 Å². The Morgan fingerprint density at radius 2 is 2.03 bits per heavy atom. The summed E-state index contributed by atoms with van der Waals surface area (Å²) in [7, 11) is 0. The van der Waals surface area contributed by atoms with Crippen molar-refractivity contribution in [3.63, 3.8) is 0 Å². The second-order valence-electron chi connectivity index (χ2n) is 8.05. The highest BCUT2D eigenvalue weighted by Gasteiger charge is 2.25. The number of ether oxygens (including phenoxy) is 1. The minimum absolute atomic E-state index is 0.0385. The lowest BCUT2D eigenvalue weighted by Gasteiger charge is -2.14. The van der Waals surface area contributed by atoms with Gasteiger partial charge in [-0.15, -0.1) is 9.73 Å². The molecule has 0 aliphatic heterocycles. The number of H-pyrrole nitrogens is 1. The predicted octanol–water partition coefficient (Wildman–Crippen LogP) is 4.59. The van der Waals surface area contributed by atoms with Crippen LogP contribution >= 0.6 is 11.6 Å². The molecule has 0 saturated carbocycles. The number of amides is 1. The monoisotopic (exact) mass is 417 g/mol. The van der Waals surface area contributed by atoms with Gasteiger partial charge < -0.3 is 9.72 Å². The van der Waals surface area contributed by atoms with Gasteiger partial charge in [0.1, 0.15) is 16.9 Å². The van der Waals surface area contributed by atoms with E-state index in [4.69, 9.17) is 16.3 Å². The van der Waals surface area contributed by atoms with Gasteiger partial charge in [-0.2, -0.15) is 5.10 Å². The van der Waals surface area contributed by atoms with Crippen molar-refractivity contribution in [2.45, 2.75) is 52.6 Å². The highest BCUT2D eigenvalue weighted by atomic mass is 35.5. The zero-order chi connectivity index (χ0) is 21.3. The van der Waals surface area contributed by atoms with E-state index in [0.29, 0.717) is 22.2 Å². The van der Waals surface area contributed by atoms with Crippen LogP contribution in [0.3, 0.4) is 0 Å². The molecule has 1 atom stereocenters. The zero-order valence-corrected chi connectivity index (χ0v) is 17.8. The first-order valence-electron chi connectivity index (χ1n) is 9.27. The third-order valence-corrected chi connectivity index (χ3v) is 4.58. The maximum Gasteiger partial charge on any atom is 0.411 e. The van der Waals surface area contributed by atoms with Gasteiger partial charge in [0.05, 0.1) is 5.69 Å². The molecule has 154 valence electrons. The van der Waals surface area contributed by atoms with E-state index < -0.39 is 12.2 Å². The Labute approximate surface area is 173 Å². The first-order valence-corrected chi connectivity index (χ1v) is 9.65. The molecule has 2 N–H and O–H groups in total. The maximum atomic E-state index is 12.0. The lowest BCUT2D eigenvalue weighted by molar-refractivity contribution is -0.118. The number of aromatic nitrogens is 4. The number of fused-ring (bicyclic) bond motifs is 1. The molecule has 0 fully saturated rings. The molecule has 0 aliphatic rings. The van der Waals surface area contributed by atoms with Gasteiger partial charge >= 0.3 is 6.09 Å². The molecule has 29 heavy (non-hydrogen) atoms. The number of benzene rings is 1. The molecule has 1 amide bonds. The van der Waals surface area contributed by atoms with E-state index in [1.54, 1.807) is 25.1 Å². The van der Waals surface area contributed by atoms with Crippen molar-refractivity contribution in [2.24, 2.45) is 0 Å². The van der Waals surface area contributed by atoms with Crippen LogP contribution in [0.2, 0.25) is 5.02 Å². The zero-order valence-electron chi connectivity index (χ0n) is 17.0. The highest BCUT2D eigenvalue weighted by molar-refractivity contribution is 6.34. The average Bonchev–Trinajstić information content (AvgIpc) is 3.13. The van der Waals surface area contributed by atoms with Crippen molar-refractivity contribution in [2.75, 3.05) is 5.32 Å². The van der Waals surface area contributed by atoms with Crippen molar-refractivity contribution >= 4 is 34.8 Å². The summed E-state index contributed by atoms with van der Waals surface area (Å²) in [6.45, 7) is 9.23. The molecular formula is C20H24ClN5O3. The Morgan fingerprint density at radius 1 is 1.31 bits per heavy atom. The van der Waals surface area contributed by atoms with Gasteiger partial charge in [-0.05, 0) is 26.0 Å². The van der Waals surface area contributed by atoms with Gasteiger partial charge in [0.25, 0.3) is 0 Å². The van der Waals surface area contributed by atoms with E-state index in [2.05, 4.69) is 20.5 Å². The molecule has 2 aromatic heterocycles. The van der Waals surface area contributed by atoms with Crippen LogP contribution in [-0.2, 0) is 14.9 Å². The first kappa shape index (κ1) is 20.9. The van der Waals surface area contributed by atoms with Gasteiger partial charge in [-0.3, -0.25) is 10.1 Å². The number of carbonyl (C=O) groups is 2. The molecule has 2 heterocycles. The Hall–Kier alpha value is -2.87. The van der Waals surface area contributed by atoms with Gasteiger partial charge in [-0.25, -0.2) is 4.79 Å². The predicted molar refractivity (Wildman–Crippen MR) is 111 cm³/mol. The van der Waals surface area contributed by atoms with Crippen LogP contribution < -0.4 is 5.32 Å². The summed E-state index contributed by atoms with van der Waals surface area (Å²) in [5, 5.41) is 12.1. The second kappa shape index (κ2) is 7.87. The van der Waals surface area contributed by atoms with Gasteiger partial charge in [0.15, 0.2) is 11.5 Å². The topological polar surface area (TPSA) is 101 Å². The van der Waals surface area contributed by atoms with Crippen LogP contribution in [0.1, 0.15) is 46.7 Å². The fourth-order valence-electron chi connectivity index (χ4n) is 2.93. The summed E-state index contributed by atoms with van der Waals surface area (Å²) in [5.74, 6) is 0.528. The lowest BCUT2D eigenvalue weighted by Crippen LogP contribution is -2.21. The standard InChI is InChI=1S/C20H24ClN5O3/c1-11(27)9-12(2)29-19(28)22-14-8-6-7-13(10-14)17-23-18-15(21)16(20(3,4)5)24-26(18)25-17/h6-8,10,12H,9H2,1-5H3,(H,22,28)(H,23,25). The largest absolute Gasteiger partial charge is 0.446 e. The fraction of sp³-hybridized carbons (Fsp3) is 0.400. The van der Waals surface area contributed by atoms with Crippen LogP contribution in [0.15, 0.2) is 24.3 Å². The van der Waals surface area contributed by atoms with Crippen LogP contribution in [0.5, 0.6) is 0 Å². The SMILES string of the molecule is CC(=O)CC(C)OC(=O)Nc1cccc(-c2nn3nc(C(C)(C)C)c(Cl)c3[nH]2)c1. The molecule has 0 bridgehead atoms. The van der Waals surface area contributed by atoms with Crippen molar-refractivity contribution in [3.8, 4) is 11.4 Å². The van der Waals surface area contributed by atoms with E-state index in [1.807, 2.05) is 26.8 Å². The van der Waals surface area contributed by atoms with E-state index in [9.17, 15) is 9.59 Å². The third kappa shape index (κ3) is 4.76. The summed E-state index contributed by atoms with van der Waals surface area (Å²) >= 11 is 6.47. The van der Waals surface area contributed by atoms with Crippen LogP contribution in [0.4, 0.5) is 10.5 Å². The summed E-state index contributed by atoms with van der Waals surface area (Å²) in [5.41, 5.74) is 2.47. The highest BCUT2D eigenvalue weighted by Crippen LogP contribution is 2.32. The van der Waals surface area contributed by atoms with Gasteiger partial charge in [0, 0.05) is 23.1 Å². The number of hydrogen-bond acceptors (Lipinski definition) is 5. The lowest BCUT2D eigenvalue weighted by atomic mass is 9.92. The van der Waals surface area contributed by atoms with Crippen LogP contribution in [0.25, 0.3) is 17.0 Å². The van der Waals surface area contributed by atoms with Gasteiger partial charge in [0.2, 0.25) is 0 Å². The normalized spacial score (nSPS) is 12.8. The Balaban J connectivity index is 1.79. The molecule has 9 heteroatoms. The number of ketones is 1. The average molecular weight is 418 g/mol. The molecule has 3 rings (SSSR count). The number of rotatable bonds is 5. The number of aromatic amines is 1. The first-order chi connectivity index (χ1) is 13.5. The Morgan fingerprint density at radius 3 is 2.66 bits per heavy atom. The molecular weight excluding hydrogens is 394 g/mol. The number of anilines is 1. The van der Waals surface area contributed by atoms with Crippen molar-refractivity contribution in [1.82, 2.24) is 19.8 Å². The summed E-state index contributed by atoms with van der Waals surface area (Å²) in [4.78, 5) is 26.3. The summed E-state index contributed by atoms with van der Waals surface area (Å²) in [6.07, 6.45) is -0.938. The molecule has 8 nitrogen and oxygen atoms in total. The minimum atomic E-state index is -0.622. The number of Topliss-reactive ketones (excluding diaryl/α,β-unsaturated/α-hetero) is 1. The quantitative estimate of drug-likeness (QED) is 0.632. The Kier molecular flexibility index (Phi) is 5.66. The number of halogens is 1.